The van der Waals surface area contributed by atoms with Gasteiger partial charge in [-0.2, -0.15) is 0 Å². The third-order valence-electron chi connectivity index (χ3n) is 1.27. The van der Waals surface area contributed by atoms with E-state index in [-0.39, 0.29) is 5.75 Å². The van der Waals surface area contributed by atoms with E-state index in [1.54, 1.807) is 0 Å². The average Bonchev–Trinajstić information content (AvgIpc) is 2.06. The highest BCUT2D eigenvalue weighted by atomic mass is 16.5. The number of aromatic hydroxyl groups is 1. The Kier molecular flexibility index (Phi) is 2.42. The van der Waals surface area contributed by atoms with Crippen LogP contribution in [0, 0.1) is 5.41 Å². The first-order chi connectivity index (χ1) is 5.74. The molecule has 0 spiro atoms. The summed E-state index contributed by atoms with van der Waals surface area (Å²) in [6.07, 6.45) is 0.565. The second-order valence-electron chi connectivity index (χ2n) is 2.07. The van der Waals surface area contributed by atoms with Gasteiger partial charge in [-0.25, -0.2) is 4.79 Å². The fourth-order valence-electron chi connectivity index (χ4n) is 0.719. The van der Waals surface area contributed by atoms with E-state index < -0.39 is 5.97 Å². The number of hydrogen-bond donors (Lipinski definition) is 2. The van der Waals surface area contributed by atoms with Gasteiger partial charge >= 0.3 is 5.97 Å². The number of phenols is 1. The SMILES string of the molecule is N=COC(=O)c1ccc(O)cc1. The minimum absolute atomic E-state index is 0.0846. The van der Waals surface area contributed by atoms with Gasteiger partial charge in [0.25, 0.3) is 0 Å². The van der Waals surface area contributed by atoms with Crippen molar-refractivity contribution in [1.29, 1.82) is 5.41 Å². The number of phenolic OH excluding ortho intramolecular Hbond substituents is 1. The van der Waals surface area contributed by atoms with Gasteiger partial charge in [0, 0.05) is 0 Å². The zero-order chi connectivity index (χ0) is 8.97. The first-order valence-corrected chi connectivity index (χ1v) is 3.23. The molecular weight excluding hydrogens is 158 g/mol. The van der Waals surface area contributed by atoms with E-state index in [4.69, 9.17) is 10.5 Å². The maximum atomic E-state index is 10.9. The lowest BCUT2D eigenvalue weighted by Crippen LogP contribution is -2.02. The van der Waals surface area contributed by atoms with Crippen LogP contribution in [0.3, 0.4) is 0 Å². The van der Waals surface area contributed by atoms with Gasteiger partial charge in [-0.1, -0.05) is 0 Å². The molecule has 4 nitrogen and oxygen atoms in total. The minimum Gasteiger partial charge on any atom is -0.508 e. The lowest BCUT2D eigenvalue weighted by atomic mass is 10.2. The fraction of sp³-hybridized carbons (Fsp3) is 0. The Hall–Kier alpha value is -1.84. The molecule has 0 aromatic heterocycles. The monoisotopic (exact) mass is 165 g/mol. The number of nitrogens with one attached hydrogen (secondary N) is 1. The highest BCUT2D eigenvalue weighted by Gasteiger charge is 2.04. The van der Waals surface area contributed by atoms with Crippen LogP contribution in [-0.4, -0.2) is 17.5 Å². The van der Waals surface area contributed by atoms with Crippen LogP contribution in [-0.2, 0) is 4.74 Å². The van der Waals surface area contributed by atoms with Crippen molar-refractivity contribution in [2.24, 2.45) is 0 Å². The lowest BCUT2D eigenvalue weighted by Gasteiger charge is -1.97. The average molecular weight is 165 g/mol. The molecule has 0 atom stereocenters. The molecule has 0 bridgehead atoms. The zero-order valence-corrected chi connectivity index (χ0v) is 6.15. The minimum atomic E-state index is -0.606. The molecular formula is C8H7NO3. The summed E-state index contributed by atoms with van der Waals surface area (Å²) in [7, 11) is 0. The van der Waals surface area contributed by atoms with Crippen molar-refractivity contribution in [2.45, 2.75) is 0 Å². The van der Waals surface area contributed by atoms with Gasteiger partial charge < -0.3 is 9.84 Å². The molecule has 12 heavy (non-hydrogen) atoms. The third-order valence-corrected chi connectivity index (χ3v) is 1.27. The first-order valence-electron chi connectivity index (χ1n) is 3.23. The third kappa shape index (κ3) is 1.82. The number of carbonyl (C=O) groups excluding carboxylic acids is 1. The quantitative estimate of drug-likeness (QED) is 0.392. The van der Waals surface area contributed by atoms with Crippen LogP contribution in [0.2, 0.25) is 0 Å². The second-order valence-corrected chi connectivity index (χ2v) is 2.07. The Labute approximate surface area is 68.9 Å². The van der Waals surface area contributed by atoms with Gasteiger partial charge in [0.2, 0.25) is 0 Å². The van der Waals surface area contributed by atoms with E-state index in [1.807, 2.05) is 0 Å². The summed E-state index contributed by atoms with van der Waals surface area (Å²) in [6, 6.07) is 5.59. The maximum absolute atomic E-state index is 10.9. The van der Waals surface area contributed by atoms with Crippen molar-refractivity contribution in [2.75, 3.05) is 0 Å². The molecule has 1 aromatic rings. The maximum Gasteiger partial charge on any atom is 0.344 e. The number of esters is 1. The number of ether oxygens (including phenoxy) is 1. The van der Waals surface area contributed by atoms with Crippen molar-refractivity contribution >= 4 is 12.4 Å². The molecule has 2 N–H and O–H groups in total. The van der Waals surface area contributed by atoms with Crippen molar-refractivity contribution in [1.82, 2.24) is 0 Å². The van der Waals surface area contributed by atoms with Gasteiger partial charge in [-0.05, 0) is 24.3 Å². The Morgan fingerprint density at radius 1 is 1.42 bits per heavy atom. The fourth-order valence-corrected chi connectivity index (χ4v) is 0.719. The van der Waals surface area contributed by atoms with Crippen molar-refractivity contribution in [3.05, 3.63) is 29.8 Å². The first kappa shape index (κ1) is 8.26. The highest BCUT2D eigenvalue weighted by Crippen LogP contribution is 2.09. The molecule has 0 saturated carbocycles. The Bertz CT molecular complexity index is 292. The Balaban J connectivity index is 2.82. The van der Waals surface area contributed by atoms with Gasteiger partial charge in [0.1, 0.15) is 5.75 Å². The lowest BCUT2D eigenvalue weighted by molar-refractivity contribution is 0.0727. The van der Waals surface area contributed by atoms with Crippen molar-refractivity contribution < 1.29 is 14.6 Å². The van der Waals surface area contributed by atoms with Gasteiger partial charge in [-0.15, -0.1) is 0 Å². The molecule has 0 aliphatic carbocycles. The number of hydrogen-bond acceptors (Lipinski definition) is 4. The largest absolute Gasteiger partial charge is 0.508 e. The van der Waals surface area contributed by atoms with E-state index in [0.717, 1.165) is 0 Å². The van der Waals surface area contributed by atoms with Crippen LogP contribution < -0.4 is 0 Å². The standard InChI is InChI=1S/C8H7NO3/c9-5-12-8(11)6-1-3-7(10)4-2-6/h1-5,9-10H. The van der Waals surface area contributed by atoms with Crippen LogP contribution in [0.5, 0.6) is 5.75 Å². The Morgan fingerprint density at radius 2 is 2.00 bits per heavy atom. The summed E-state index contributed by atoms with van der Waals surface area (Å²) < 4.78 is 4.29. The molecule has 0 heterocycles. The van der Waals surface area contributed by atoms with Gasteiger partial charge in [-0.3, -0.25) is 5.41 Å². The summed E-state index contributed by atoms with van der Waals surface area (Å²) in [4.78, 5) is 10.9. The van der Waals surface area contributed by atoms with E-state index in [0.29, 0.717) is 12.0 Å². The van der Waals surface area contributed by atoms with Crippen LogP contribution in [0.1, 0.15) is 10.4 Å². The van der Waals surface area contributed by atoms with Gasteiger partial charge in [0.15, 0.2) is 6.40 Å². The molecule has 0 aliphatic rings. The zero-order valence-electron chi connectivity index (χ0n) is 6.15. The topological polar surface area (TPSA) is 70.4 Å². The summed E-state index contributed by atoms with van der Waals surface area (Å²) in [6.45, 7) is 0. The summed E-state index contributed by atoms with van der Waals surface area (Å²) in [5, 5.41) is 15.4. The van der Waals surface area contributed by atoms with Crippen molar-refractivity contribution in [3.8, 4) is 5.75 Å². The normalized spacial score (nSPS) is 9.00. The van der Waals surface area contributed by atoms with Crippen LogP contribution >= 0.6 is 0 Å². The van der Waals surface area contributed by atoms with Crippen LogP contribution in [0.25, 0.3) is 0 Å². The molecule has 62 valence electrons. The molecule has 4 heteroatoms. The molecule has 0 saturated heterocycles. The second kappa shape index (κ2) is 3.52. The molecule has 0 radical (unpaired) electrons. The molecule has 1 rings (SSSR count). The molecule has 0 unspecified atom stereocenters. The van der Waals surface area contributed by atoms with E-state index in [1.165, 1.54) is 24.3 Å². The molecule has 1 aromatic carbocycles. The molecule has 0 aliphatic heterocycles. The smallest absolute Gasteiger partial charge is 0.344 e. The summed E-state index contributed by atoms with van der Waals surface area (Å²) in [5.41, 5.74) is 0.302. The van der Waals surface area contributed by atoms with Crippen LogP contribution in [0.4, 0.5) is 0 Å². The van der Waals surface area contributed by atoms with E-state index >= 15 is 0 Å². The van der Waals surface area contributed by atoms with Gasteiger partial charge in [0.05, 0.1) is 5.56 Å². The van der Waals surface area contributed by atoms with Crippen LogP contribution in [0.15, 0.2) is 24.3 Å². The molecule has 0 amide bonds. The predicted octanol–water partition coefficient (Wildman–Crippen LogP) is 1.16. The number of carbonyl (C=O) groups is 1. The Morgan fingerprint density at radius 3 is 2.50 bits per heavy atom. The summed E-state index contributed by atoms with van der Waals surface area (Å²) in [5.74, 6) is -0.522. The molecule has 0 fully saturated rings. The van der Waals surface area contributed by atoms with E-state index in [9.17, 15) is 4.79 Å². The van der Waals surface area contributed by atoms with Crippen molar-refractivity contribution in [3.63, 3.8) is 0 Å². The predicted molar refractivity (Wildman–Crippen MR) is 42.3 cm³/mol. The highest BCUT2D eigenvalue weighted by molar-refractivity contribution is 5.93. The number of rotatable bonds is 2. The summed E-state index contributed by atoms with van der Waals surface area (Å²) >= 11 is 0. The van der Waals surface area contributed by atoms with E-state index in [2.05, 4.69) is 4.74 Å². The number of benzene rings is 1.